The van der Waals surface area contributed by atoms with Gasteiger partial charge in [0.25, 0.3) is 5.91 Å². The summed E-state index contributed by atoms with van der Waals surface area (Å²) in [5.41, 5.74) is 1.18. The highest BCUT2D eigenvalue weighted by atomic mass is 19.1. The lowest BCUT2D eigenvalue weighted by molar-refractivity contribution is -0.133. The third kappa shape index (κ3) is 4.09. The third-order valence-electron chi connectivity index (χ3n) is 5.89. The Balaban J connectivity index is 2.23. The van der Waals surface area contributed by atoms with Crippen LogP contribution in [0, 0.1) is 5.82 Å². The summed E-state index contributed by atoms with van der Waals surface area (Å²) in [6.07, 6.45) is 1.80. The first kappa shape index (κ1) is 22.6. The molecule has 0 radical (unpaired) electrons. The van der Waals surface area contributed by atoms with Gasteiger partial charge in [0, 0.05) is 31.8 Å². The van der Waals surface area contributed by atoms with Crippen LogP contribution in [0.25, 0.3) is 0 Å². The number of unbranched alkanes of at least 4 members (excludes halogenated alkanes) is 1. The van der Waals surface area contributed by atoms with E-state index in [1.807, 2.05) is 0 Å². The van der Waals surface area contributed by atoms with E-state index < -0.39 is 17.8 Å². The van der Waals surface area contributed by atoms with E-state index in [9.17, 15) is 14.0 Å². The lowest BCUT2D eigenvalue weighted by atomic mass is 9.78. The van der Waals surface area contributed by atoms with E-state index in [1.54, 1.807) is 49.3 Å². The largest absolute Gasteiger partial charge is 0.493 e. The van der Waals surface area contributed by atoms with E-state index >= 15 is 0 Å². The van der Waals surface area contributed by atoms with Gasteiger partial charge in [-0.3, -0.25) is 9.59 Å². The number of rotatable bonds is 7. The topological polar surface area (TPSA) is 59.1 Å². The SMILES string of the molecule is CCCCN(C)C(=O)C1c2cc(OC)c(OC)cc2C(=O)N(C)C1c1ccccc1F. The number of halogens is 1. The summed E-state index contributed by atoms with van der Waals surface area (Å²) in [4.78, 5) is 30.0. The van der Waals surface area contributed by atoms with Crippen molar-refractivity contribution in [3.05, 3.63) is 58.9 Å². The molecule has 2 aromatic carbocycles. The van der Waals surface area contributed by atoms with Crippen molar-refractivity contribution in [3.8, 4) is 11.5 Å². The highest BCUT2D eigenvalue weighted by molar-refractivity contribution is 6.02. The van der Waals surface area contributed by atoms with Gasteiger partial charge in [-0.05, 0) is 30.2 Å². The fraction of sp³-hybridized carbons (Fsp3) is 0.417. The molecule has 0 saturated carbocycles. The molecule has 1 heterocycles. The zero-order valence-electron chi connectivity index (χ0n) is 18.6. The van der Waals surface area contributed by atoms with E-state index in [-0.39, 0.29) is 11.8 Å². The van der Waals surface area contributed by atoms with E-state index in [1.165, 1.54) is 25.2 Å². The van der Waals surface area contributed by atoms with Crippen LogP contribution in [0.3, 0.4) is 0 Å². The van der Waals surface area contributed by atoms with Gasteiger partial charge in [-0.1, -0.05) is 31.5 Å². The van der Waals surface area contributed by atoms with Crippen LogP contribution >= 0.6 is 0 Å². The molecule has 0 aliphatic carbocycles. The van der Waals surface area contributed by atoms with Gasteiger partial charge in [0.05, 0.1) is 26.2 Å². The zero-order chi connectivity index (χ0) is 22.7. The van der Waals surface area contributed by atoms with Crippen LogP contribution in [-0.2, 0) is 4.79 Å². The number of ether oxygens (including phenoxy) is 2. The molecule has 2 atom stereocenters. The number of fused-ring (bicyclic) bond motifs is 1. The molecule has 2 aromatic rings. The number of amides is 2. The summed E-state index contributed by atoms with van der Waals surface area (Å²) >= 11 is 0. The fourth-order valence-electron chi connectivity index (χ4n) is 4.16. The molecule has 0 aromatic heterocycles. The van der Waals surface area contributed by atoms with E-state index in [4.69, 9.17) is 9.47 Å². The molecule has 0 N–H and O–H groups in total. The fourth-order valence-corrected chi connectivity index (χ4v) is 4.16. The number of hydrogen-bond acceptors (Lipinski definition) is 4. The van der Waals surface area contributed by atoms with Gasteiger partial charge >= 0.3 is 0 Å². The highest BCUT2D eigenvalue weighted by Gasteiger charge is 2.45. The summed E-state index contributed by atoms with van der Waals surface area (Å²) in [6.45, 7) is 2.63. The molecule has 0 fully saturated rings. The van der Waals surface area contributed by atoms with Crippen molar-refractivity contribution in [3.63, 3.8) is 0 Å². The molecular weight excluding hydrogens is 399 g/mol. The Morgan fingerprint density at radius 2 is 1.77 bits per heavy atom. The van der Waals surface area contributed by atoms with Crippen LogP contribution in [0.15, 0.2) is 36.4 Å². The number of carbonyl (C=O) groups excluding carboxylic acids is 2. The summed E-state index contributed by atoms with van der Waals surface area (Å²) in [6, 6.07) is 8.76. The average Bonchev–Trinajstić information content (AvgIpc) is 2.78. The first-order valence-electron chi connectivity index (χ1n) is 10.4. The van der Waals surface area contributed by atoms with Gasteiger partial charge in [-0.2, -0.15) is 0 Å². The van der Waals surface area contributed by atoms with Crippen LogP contribution in [0.2, 0.25) is 0 Å². The molecule has 2 amide bonds. The number of carbonyl (C=O) groups is 2. The van der Waals surface area contributed by atoms with Crippen molar-refractivity contribution in [2.24, 2.45) is 0 Å². The van der Waals surface area contributed by atoms with Crippen LogP contribution in [0.1, 0.15) is 53.2 Å². The van der Waals surface area contributed by atoms with Crippen molar-refractivity contribution in [2.45, 2.75) is 31.7 Å². The Kier molecular flexibility index (Phi) is 6.83. The Bertz CT molecular complexity index is 978. The molecule has 3 rings (SSSR count). The van der Waals surface area contributed by atoms with Crippen molar-refractivity contribution >= 4 is 11.8 Å². The lowest BCUT2D eigenvalue weighted by Crippen LogP contribution is -2.46. The van der Waals surface area contributed by atoms with E-state index in [2.05, 4.69) is 6.92 Å². The maximum absolute atomic E-state index is 14.8. The van der Waals surface area contributed by atoms with Gasteiger partial charge in [0.2, 0.25) is 5.91 Å². The van der Waals surface area contributed by atoms with E-state index in [0.29, 0.717) is 34.7 Å². The maximum atomic E-state index is 14.8. The molecule has 2 unspecified atom stereocenters. The van der Waals surface area contributed by atoms with Crippen molar-refractivity contribution < 1.29 is 23.5 Å². The number of likely N-dealkylation sites (N-methyl/N-ethyl adjacent to an activating group) is 2. The molecular formula is C24H29FN2O4. The number of nitrogens with zero attached hydrogens (tertiary/aromatic N) is 2. The molecule has 1 aliphatic rings. The second-order valence-electron chi connectivity index (χ2n) is 7.77. The summed E-state index contributed by atoms with van der Waals surface area (Å²) < 4.78 is 25.6. The first-order chi connectivity index (χ1) is 14.8. The molecule has 31 heavy (non-hydrogen) atoms. The quantitative estimate of drug-likeness (QED) is 0.669. The van der Waals surface area contributed by atoms with E-state index in [0.717, 1.165) is 12.8 Å². The predicted octanol–water partition coefficient (Wildman–Crippen LogP) is 4.01. The Labute approximate surface area is 182 Å². The Morgan fingerprint density at radius 1 is 1.13 bits per heavy atom. The standard InChI is InChI=1S/C24H29FN2O4/c1-6-7-12-26(2)24(29)21-16-13-19(30-4)20(31-5)14-17(16)23(28)27(3)22(21)15-10-8-9-11-18(15)25/h8-11,13-14,21-22H,6-7,12H2,1-5H3. The van der Waals surface area contributed by atoms with Crippen LogP contribution in [-0.4, -0.2) is 56.5 Å². The minimum Gasteiger partial charge on any atom is -0.493 e. The average molecular weight is 429 g/mol. The monoisotopic (exact) mass is 428 g/mol. The summed E-state index contributed by atoms with van der Waals surface area (Å²) in [5, 5.41) is 0. The lowest BCUT2D eigenvalue weighted by Gasteiger charge is -2.41. The zero-order valence-corrected chi connectivity index (χ0v) is 18.6. The van der Waals surface area contributed by atoms with Gasteiger partial charge in [-0.15, -0.1) is 0 Å². The predicted molar refractivity (Wildman–Crippen MR) is 116 cm³/mol. The molecule has 166 valence electrons. The minimum atomic E-state index is -0.782. The second kappa shape index (κ2) is 9.37. The van der Waals surface area contributed by atoms with Gasteiger partial charge in [0.1, 0.15) is 5.82 Å². The van der Waals surface area contributed by atoms with Crippen LogP contribution in [0.4, 0.5) is 4.39 Å². The van der Waals surface area contributed by atoms with Gasteiger partial charge in [0.15, 0.2) is 11.5 Å². The maximum Gasteiger partial charge on any atom is 0.254 e. The van der Waals surface area contributed by atoms with Crippen LogP contribution < -0.4 is 9.47 Å². The number of benzene rings is 2. The van der Waals surface area contributed by atoms with Gasteiger partial charge in [-0.25, -0.2) is 4.39 Å². The Morgan fingerprint density at radius 3 is 2.39 bits per heavy atom. The number of hydrogen-bond donors (Lipinski definition) is 0. The summed E-state index contributed by atoms with van der Waals surface area (Å²) in [5.74, 6) is -0.891. The minimum absolute atomic E-state index is 0.172. The molecule has 6 nitrogen and oxygen atoms in total. The molecule has 0 spiro atoms. The molecule has 0 saturated heterocycles. The third-order valence-corrected chi connectivity index (χ3v) is 5.89. The Hall–Kier alpha value is -3.09. The van der Waals surface area contributed by atoms with Crippen LogP contribution in [0.5, 0.6) is 11.5 Å². The van der Waals surface area contributed by atoms with Crippen molar-refractivity contribution in [2.75, 3.05) is 34.9 Å². The normalized spacial score (nSPS) is 17.9. The van der Waals surface area contributed by atoms with Gasteiger partial charge < -0.3 is 19.3 Å². The molecule has 0 bridgehead atoms. The van der Waals surface area contributed by atoms with Crippen molar-refractivity contribution in [1.29, 1.82) is 0 Å². The molecule has 1 aliphatic heterocycles. The smallest absolute Gasteiger partial charge is 0.254 e. The molecule has 7 heteroatoms. The van der Waals surface area contributed by atoms with Crippen molar-refractivity contribution in [1.82, 2.24) is 9.80 Å². The second-order valence-corrected chi connectivity index (χ2v) is 7.77. The first-order valence-corrected chi connectivity index (χ1v) is 10.4. The highest BCUT2D eigenvalue weighted by Crippen LogP contribution is 2.46. The number of methoxy groups -OCH3 is 2. The summed E-state index contributed by atoms with van der Waals surface area (Å²) in [7, 11) is 6.34.